The highest BCUT2D eigenvalue weighted by Gasteiger charge is 2.16. The minimum atomic E-state index is -1.12. The van der Waals surface area contributed by atoms with Crippen LogP contribution >= 0.6 is 0 Å². The third-order valence-electron chi connectivity index (χ3n) is 4.54. The van der Waals surface area contributed by atoms with Crippen molar-refractivity contribution in [3.8, 4) is 0 Å². The van der Waals surface area contributed by atoms with Gasteiger partial charge >= 0.3 is 0 Å². The number of ether oxygens (including phenoxy) is 1. The van der Waals surface area contributed by atoms with Crippen molar-refractivity contribution in [1.29, 1.82) is 0 Å². The standard InChI is InChI=1S/C20H21F4N7O2/c21-12-5-15(22)14(16(23)6-12)9-27-19-17(24)10-28-20(30-19)29-13(7-25)8-26-11-18(32)31-1-3-33-4-2-31/h5-8,10H,1-4,9,11,25H2,(H2,27,28,29,30). The van der Waals surface area contributed by atoms with E-state index in [1.807, 2.05) is 0 Å². The number of aromatic nitrogens is 2. The molecule has 2 aromatic rings. The molecular formula is C20H21F4N7O2. The number of hydrogen-bond donors (Lipinski definition) is 3. The molecule has 0 saturated carbocycles. The van der Waals surface area contributed by atoms with Gasteiger partial charge in [-0.1, -0.05) is 0 Å². The highest BCUT2D eigenvalue weighted by molar-refractivity contribution is 5.85. The second-order valence-electron chi connectivity index (χ2n) is 6.80. The largest absolute Gasteiger partial charge is 0.403 e. The first-order chi connectivity index (χ1) is 15.9. The highest BCUT2D eigenvalue weighted by Crippen LogP contribution is 2.18. The lowest BCUT2D eigenvalue weighted by Gasteiger charge is -2.26. The number of allylic oxidation sites excluding steroid dienone is 1. The van der Waals surface area contributed by atoms with Crippen molar-refractivity contribution in [2.45, 2.75) is 6.54 Å². The van der Waals surface area contributed by atoms with Crippen molar-refractivity contribution in [3.63, 3.8) is 0 Å². The molecule has 0 spiro atoms. The van der Waals surface area contributed by atoms with Gasteiger partial charge in [-0.25, -0.2) is 22.5 Å². The van der Waals surface area contributed by atoms with Crippen LogP contribution in [-0.4, -0.2) is 59.8 Å². The van der Waals surface area contributed by atoms with Crippen LogP contribution in [0.2, 0.25) is 0 Å². The summed E-state index contributed by atoms with van der Waals surface area (Å²) in [6.07, 6.45) is 3.27. The van der Waals surface area contributed by atoms with Crippen LogP contribution in [0.1, 0.15) is 5.56 Å². The van der Waals surface area contributed by atoms with Gasteiger partial charge in [-0.05, 0) is 0 Å². The zero-order valence-corrected chi connectivity index (χ0v) is 17.3. The van der Waals surface area contributed by atoms with Gasteiger partial charge in [-0.15, -0.1) is 0 Å². The predicted molar refractivity (Wildman–Crippen MR) is 112 cm³/mol. The molecule has 1 aliphatic heterocycles. The summed E-state index contributed by atoms with van der Waals surface area (Å²) in [4.78, 5) is 25.4. The fraction of sp³-hybridized carbons (Fsp3) is 0.300. The van der Waals surface area contributed by atoms with E-state index in [1.54, 1.807) is 4.90 Å². The Bertz CT molecular complexity index is 1040. The molecule has 9 nitrogen and oxygen atoms in total. The molecule has 0 atom stereocenters. The summed E-state index contributed by atoms with van der Waals surface area (Å²) in [6, 6.07) is 1.04. The monoisotopic (exact) mass is 467 g/mol. The lowest BCUT2D eigenvalue weighted by Crippen LogP contribution is -2.41. The number of amides is 1. The summed E-state index contributed by atoms with van der Waals surface area (Å²) < 4.78 is 59.8. The lowest BCUT2D eigenvalue weighted by atomic mass is 10.2. The Hall–Kier alpha value is -3.74. The third-order valence-corrected chi connectivity index (χ3v) is 4.54. The first-order valence-corrected chi connectivity index (χ1v) is 9.81. The maximum absolute atomic E-state index is 14.0. The number of aliphatic imine (C=N–C) groups is 1. The number of nitrogens with two attached hydrogens (primary N) is 1. The Kier molecular flexibility index (Phi) is 8.13. The smallest absolute Gasteiger partial charge is 0.244 e. The topological polar surface area (TPSA) is 118 Å². The Balaban J connectivity index is 1.61. The number of halogens is 4. The summed E-state index contributed by atoms with van der Waals surface area (Å²) in [7, 11) is 0. The van der Waals surface area contributed by atoms with Crippen molar-refractivity contribution < 1.29 is 27.1 Å². The summed E-state index contributed by atoms with van der Waals surface area (Å²) in [5.41, 5.74) is 5.28. The molecule has 0 unspecified atom stereocenters. The van der Waals surface area contributed by atoms with Crippen LogP contribution in [-0.2, 0) is 16.1 Å². The van der Waals surface area contributed by atoms with Gasteiger partial charge in [0.25, 0.3) is 0 Å². The normalized spacial score (nSPS) is 14.5. The van der Waals surface area contributed by atoms with Gasteiger partial charge in [0.2, 0.25) is 11.9 Å². The molecule has 0 bridgehead atoms. The molecule has 1 aliphatic rings. The van der Waals surface area contributed by atoms with Gasteiger partial charge in [-0.3, -0.25) is 9.79 Å². The van der Waals surface area contributed by atoms with Crippen LogP contribution in [0.3, 0.4) is 0 Å². The molecular weight excluding hydrogens is 446 g/mol. The molecule has 0 radical (unpaired) electrons. The molecule has 33 heavy (non-hydrogen) atoms. The Morgan fingerprint density at radius 2 is 1.88 bits per heavy atom. The van der Waals surface area contributed by atoms with Crippen LogP contribution < -0.4 is 16.4 Å². The molecule has 13 heteroatoms. The second-order valence-corrected chi connectivity index (χ2v) is 6.80. The molecule has 2 heterocycles. The van der Waals surface area contributed by atoms with E-state index in [-0.39, 0.29) is 29.9 Å². The number of rotatable bonds is 8. The maximum Gasteiger partial charge on any atom is 0.244 e. The van der Waals surface area contributed by atoms with Crippen LogP contribution in [0.25, 0.3) is 0 Å². The minimum absolute atomic E-state index is 0.0957. The highest BCUT2D eigenvalue weighted by atomic mass is 19.1. The molecule has 1 aromatic heterocycles. The number of nitrogens with one attached hydrogen (secondary N) is 2. The molecule has 4 N–H and O–H groups in total. The fourth-order valence-electron chi connectivity index (χ4n) is 2.85. The number of hydrogen-bond acceptors (Lipinski definition) is 8. The molecule has 3 rings (SSSR count). The number of benzene rings is 1. The number of carbonyl (C=O) groups excluding carboxylic acids is 1. The van der Waals surface area contributed by atoms with Crippen LogP contribution in [0.15, 0.2) is 35.2 Å². The molecule has 1 amide bonds. The van der Waals surface area contributed by atoms with E-state index >= 15 is 0 Å². The zero-order chi connectivity index (χ0) is 23.8. The molecule has 1 fully saturated rings. The zero-order valence-electron chi connectivity index (χ0n) is 17.3. The number of carbonyl (C=O) groups is 1. The van der Waals surface area contributed by atoms with E-state index in [4.69, 9.17) is 10.5 Å². The van der Waals surface area contributed by atoms with Gasteiger partial charge in [0, 0.05) is 49.7 Å². The Morgan fingerprint density at radius 3 is 2.55 bits per heavy atom. The first-order valence-electron chi connectivity index (χ1n) is 9.81. The Morgan fingerprint density at radius 1 is 1.18 bits per heavy atom. The van der Waals surface area contributed by atoms with Gasteiger partial charge in [0.05, 0.1) is 25.1 Å². The average molecular weight is 467 g/mol. The van der Waals surface area contributed by atoms with Crippen molar-refractivity contribution in [2.75, 3.05) is 43.5 Å². The lowest BCUT2D eigenvalue weighted by molar-refractivity contribution is -0.133. The van der Waals surface area contributed by atoms with Gasteiger partial charge in [-0.2, -0.15) is 4.98 Å². The molecule has 0 aliphatic carbocycles. The summed E-state index contributed by atoms with van der Waals surface area (Å²) in [5.74, 6) is -4.81. The predicted octanol–water partition coefficient (Wildman–Crippen LogP) is 1.79. The van der Waals surface area contributed by atoms with Crippen LogP contribution in [0, 0.1) is 23.3 Å². The minimum Gasteiger partial charge on any atom is -0.403 e. The first kappa shape index (κ1) is 23.9. The summed E-state index contributed by atoms with van der Waals surface area (Å²) in [5, 5.41) is 5.14. The Labute approximate surface area is 186 Å². The third kappa shape index (κ3) is 6.62. The van der Waals surface area contributed by atoms with Crippen molar-refractivity contribution >= 4 is 23.9 Å². The average Bonchev–Trinajstić information content (AvgIpc) is 2.80. The maximum atomic E-state index is 14.0. The van der Waals surface area contributed by atoms with Crippen molar-refractivity contribution in [2.24, 2.45) is 10.7 Å². The number of morpholine rings is 1. The molecule has 1 aromatic carbocycles. The number of nitrogens with zero attached hydrogens (tertiary/aromatic N) is 4. The van der Waals surface area contributed by atoms with Gasteiger partial charge < -0.3 is 26.0 Å². The summed E-state index contributed by atoms with van der Waals surface area (Å²) in [6.45, 7) is 1.35. The summed E-state index contributed by atoms with van der Waals surface area (Å²) >= 11 is 0. The van der Waals surface area contributed by atoms with Crippen molar-refractivity contribution in [3.05, 3.63) is 59.1 Å². The van der Waals surface area contributed by atoms with Gasteiger partial charge in [0.15, 0.2) is 11.6 Å². The molecule has 1 saturated heterocycles. The number of anilines is 2. The SMILES string of the molecule is NC=C(C=NCC(=O)N1CCOCC1)Nc1ncc(F)c(NCc2c(F)cc(F)cc2F)n1. The molecule has 176 valence electrons. The second kappa shape index (κ2) is 11.2. The van der Waals surface area contributed by atoms with E-state index in [9.17, 15) is 22.4 Å². The van der Waals surface area contributed by atoms with Crippen molar-refractivity contribution in [1.82, 2.24) is 14.9 Å². The fourth-order valence-corrected chi connectivity index (χ4v) is 2.85. The van der Waals surface area contributed by atoms with E-state index < -0.39 is 35.4 Å². The van der Waals surface area contributed by atoms with E-state index in [0.717, 1.165) is 12.4 Å². The van der Waals surface area contributed by atoms with Crippen LogP contribution in [0.5, 0.6) is 0 Å². The van der Waals surface area contributed by atoms with Crippen LogP contribution in [0.4, 0.5) is 29.3 Å². The van der Waals surface area contributed by atoms with E-state index in [2.05, 4.69) is 25.6 Å². The van der Waals surface area contributed by atoms with E-state index in [0.29, 0.717) is 38.4 Å². The van der Waals surface area contributed by atoms with E-state index in [1.165, 1.54) is 6.21 Å². The quantitative estimate of drug-likeness (QED) is 0.400. The van der Waals surface area contributed by atoms with Gasteiger partial charge in [0.1, 0.15) is 24.0 Å².